The van der Waals surface area contributed by atoms with E-state index in [4.69, 9.17) is 0 Å². The fourth-order valence-electron chi connectivity index (χ4n) is 1.11. The average molecular weight is 237 g/mol. The Morgan fingerprint density at radius 3 is 3.07 bits per heavy atom. The van der Waals surface area contributed by atoms with Crippen molar-refractivity contribution in [2.24, 2.45) is 0 Å². The van der Waals surface area contributed by atoms with E-state index >= 15 is 0 Å². The zero-order valence-electron chi connectivity index (χ0n) is 8.30. The Balaban J connectivity index is 2.11. The van der Waals surface area contributed by atoms with Crippen molar-refractivity contribution in [2.75, 3.05) is 11.9 Å². The van der Waals surface area contributed by atoms with Gasteiger partial charge in [-0.3, -0.25) is 0 Å². The average Bonchev–Trinajstić information content (AvgIpc) is 2.71. The fourth-order valence-corrected chi connectivity index (χ4v) is 2.74. The minimum atomic E-state index is 0.887. The van der Waals surface area contributed by atoms with Crippen LogP contribution in [0.15, 0.2) is 39.1 Å². The lowest BCUT2D eigenvalue weighted by atomic mass is 10.4. The number of thiazole rings is 1. The van der Waals surface area contributed by atoms with E-state index < -0.39 is 0 Å². The maximum Gasteiger partial charge on any atom is 0.154 e. The molecule has 3 nitrogen and oxygen atoms in total. The molecule has 0 fully saturated rings. The van der Waals surface area contributed by atoms with Crippen LogP contribution in [0.4, 0.5) is 5.82 Å². The molecule has 78 valence electrons. The maximum absolute atomic E-state index is 4.23. The van der Waals surface area contributed by atoms with E-state index in [2.05, 4.69) is 22.2 Å². The van der Waals surface area contributed by atoms with Gasteiger partial charge in [-0.15, -0.1) is 11.3 Å². The van der Waals surface area contributed by atoms with Gasteiger partial charge in [-0.1, -0.05) is 11.8 Å². The van der Waals surface area contributed by atoms with Gasteiger partial charge in [0.2, 0.25) is 0 Å². The highest BCUT2D eigenvalue weighted by Crippen LogP contribution is 2.29. The van der Waals surface area contributed by atoms with Gasteiger partial charge < -0.3 is 5.32 Å². The molecule has 0 amide bonds. The van der Waals surface area contributed by atoms with Crippen molar-refractivity contribution in [2.45, 2.75) is 16.2 Å². The van der Waals surface area contributed by atoms with Crippen LogP contribution < -0.4 is 5.32 Å². The number of aromatic nitrogens is 2. The molecule has 0 atom stereocenters. The van der Waals surface area contributed by atoms with E-state index in [9.17, 15) is 0 Å². The highest BCUT2D eigenvalue weighted by molar-refractivity contribution is 8.01. The fraction of sp³-hybridized carbons (Fsp3) is 0.200. The van der Waals surface area contributed by atoms with Crippen LogP contribution in [0.3, 0.4) is 0 Å². The van der Waals surface area contributed by atoms with E-state index in [1.54, 1.807) is 23.1 Å². The lowest BCUT2D eigenvalue weighted by molar-refractivity contribution is 1.14. The third kappa shape index (κ3) is 2.94. The van der Waals surface area contributed by atoms with Gasteiger partial charge in [0.05, 0.1) is 0 Å². The summed E-state index contributed by atoms with van der Waals surface area (Å²) in [6, 6.07) is 4.03. The van der Waals surface area contributed by atoms with Crippen molar-refractivity contribution in [3.63, 3.8) is 0 Å². The van der Waals surface area contributed by atoms with E-state index in [1.807, 2.05) is 29.9 Å². The highest BCUT2D eigenvalue weighted by Gasteiger charge is 2.00. The number of nitrogens with zero attached hydrogens (tertiary/aromatic N) is 2. The molecule has 0 aliphatic carbocycles. The standard InChI is InChI=1S/C10H11N3S2/c1-2-11-9-7-8(3-4-12-9)15-10-13-5-6-14-10/h3-7H,2H2,1H3,(H,11,12). The number of rotatable bonds is 4. The lowest BCUT2D eigenvalue weighted by Gasteiger charge is -2.03. The topological polar surface area (TPSA) is 37.8 Å². The first-order valence-corrected chi connectivity index (χ1v) is 6.35. The molecule has 0 aliphatic rings. The molecule has 2 heterocycles. The smallest absolute Gasteiger partial charge is 0.154 e. The Kier molecular flexibility index (Phi) is 3.58. The number of anilines is 1. The molecule has 1 N–H and O–H groups in total. The summed E-state index contributed by atoms with van der Waals surface area (Å²) in [5, 5.41) is 5.17. The number of pyridine rings is 1. The molecule has 0 saturated heterocycles. The van der Waals surface area contributed by atoms with Gasteiger partial charge in [-0.25, -0.2) is 9.97 Å². The normalized spacial score (nSPS) is 10.2. The summed E-state index contributed by atoms with van der Waals surface area (Å²) in [5.74, 6) is 0.916. The second-order valence-electron chi connectivity index (χ2n) is 2.81. The summed E-state index contributed by atoms with van der Waals surface area (Å²) < 4.78 is 1.06. The molecule has 0 spiro atoms. The van der Waals surface area contributed by atoms with Gasteiger partial charge >= 0.3 is 0 Å². The Labute approximate surface area is 97.0 Å². The van der Waals surface area contributed by atoms with Gasteiger partial charge in [-0.2, -0.15) is 0 Å². The van der Waals surface area contributed by atoms with Crippen LogP contribution in [-0.2, 0) is 0 Å². The van der Waals surface area contributed by atoms with Crippen LogP contribution in [0.1, 0.15) is 6.92 Å². The molecule has 0 saturated carbocycles. The quantitative estimate of drug-likeness (QED) is 0.886. The van der Waals surface area contributed by atoms with Crippen LogP contribution >= 0.6 is 23.1 Å². The molecule has 2 aromatic rings. The van der Waals surface area contributed by atoms with Crippen molar-refractivity contribution >= 4 is 28.9 Å². The van der Waals surface area contributed by atoms with Crippen molar-refractivity contribution in [3.8, 4) is 0 Å². The summed E-state index contributed by atoms with van der Waals surface area (Å²) in [4.78, 5) is 9.61. The summed E-state index contributed by atoms with van der Waals surface area (Å²) in [6.07, 6.45) is 3.63. The molecule has 0 radical (unpaired) electrons. The zero-order chi connectivity index (χ0) is 10.5. The van der Waals surface area contributed by atoms with Crippen molar-refractivity contribution in [3.05, 3.63) is 29.9 Å². The number of nitrogens with one attached hydrogen (secondary N) is 1. The second kappa shape index (κ2) is 5.14. The Morgan fingerprint density at radius 2 is 2.33 bits per heavy atom. The molecule has 2 aromatic heterocycles. The third-order valence-corrected chi connectivity index (χ3v) is 3.58. The van der Waals surface area contributed by atoms with Gasteiger partial charge in [0, 0.05) is 29.2 Å². The second-order valence-corrected chi connectivity index (χ2v) is 5.02. The molecule has 0 unspecified atom stereocenters. The minimum absolute atomic E-state index is 0.887. The third-order valence-electron chi connectivity index (χ3n) is 1.70. The lowest BCUT2D eigenvalue weighted by Crippen LogP contribution is -1.98. The minimum Gasteiger partial charge on any atom is -0.370 e. The van der Waals surface area contributed by atoms with Crippen LogP contribution in [0.25, 0.3) is 0 Å². The number of hydrogen-bond donors (Lipinski definition) is 1. The summed E-state index contributed by atoms with van der Waals surface area (Å²) in [7, 11) is 0. The predicted octanol–water partition coefficient (Wildman–Crippen LogP) is 3.12. The first kappa shape index (κ1) is 10.4. The van der Waals surface area contributed by atoms with E-state index in [-0.39, 0.29) is 0 Å². The van der Waals surface area contributed by atoms with Gasteiger partial charge in [0.25, 0.3) is 0 Å². The largest absolute Gasteiger partial charge is 0.370 e. The maximum atomic E-state index is 4.23. The van der Waals surface area contributed by atoms with Crippen molar-refractivity contribution < 1.29 is 0 Å². The van der Waals surface area contributed by atoms with Crippen LogP contribution in [0.2, 0.25) is 0 Å². The van der Waals surface area contributed by atoms with E-state index in [0.717, 1.165) is 21.6 Å². The predicted molar refractivity (Wildman–Crippen MR) is 64.6 cm³/mol. The zero-order valence-corrected chi connectivity index (χ0v) is 9.94. The van der Waals surface area contributed by atoms with Gasteiger partial charge in [0.15, 0.2) is 4.34 Å². The SMILES string of the molecule is CCNc1cc(Sc2nccs2)ccn1. The molecular formula is C10H11N3S2. The molecule has 0 aliphatic heterocycles. The molecule has 0 bridgehead atoms. The summed E-state index contributed by atoms with van der Waals surface area (Å²) in [6.45, 7) is 2.95. The van der Waals surface area contributed by atoms with Crippen LogP contribution in [-0.4, -0.2) is 16.5 Å². The number of hydrogen-bond acceptors (Lipinski definition) is 5. The molecule has 2 rings (SSSR count). The first-order chi connectivity index (χ1) is 7.38. The summed E-state index contributed by atoms with van der Waals surface area (Å²) >= 11 is 3.31. The first-order valence-electron chi connectivity index (χ1n) is 4.66. The molecule has 5 heteroatoms. The van der Waals surface area contributed by atoms with Crippen molar-refractivity contribution in [1.29, 1.82) is 0 Å². The van der Waals surface area contributed by atoms with Crippen molar-refractivity contribution in [1.82, 2.24) is 9.97 Å². The van der Waals surface area contributed by atoms with Crippen LogP contribution in [0, 0.1) is 0 Å². The highest BCUT2D eigenvalue weighted by atomic mass is 32.2. The van der Waals surface area contributed by atoms with Gasteiger partial charge in [-0.05, 0) is 19.1 Å². The molecule has 15 heavy (non-hydrogen) atoms. The molecular weight excluding hydrogens is 226 g/mol. The van der Waals surface area contributed by atoms with E-state index in [1.165, 1.54) is 0 Å². The molecule has 0 aromatic carbocycles. The summed E-state index contributed by atoms with van der Waals surface area (Å²) in [5.41, 5.74) is 0. The Bertz CT molecular complexity index is 414. The van der Waals surface area contributed by atoms with Crippen LogP contribution in [0.5, 0.6) is 0 Å². The van der Waals surface area contributed by atoms with Gasteiger partial charge in [0.1, 0.15) is 5.82 Å². The van der Waals surface area contributed by atoms with E-state index in [0.29, 0.717) is 0 Å². The Morgan fingerprint density at radius 1 is 1.40 bits per heavy atom. The monoisotopic (exact) mass is 237 g/mol. The Hall–Kier alpha value is -1.07.